The van der Waals surface area contributed by atoms with Gasteiger partial charge >= 0.3 is 5.69 Å². The molecule has 8 heteroatoms. The van der Waals surface area contributed by atoms with Gasteiger partial charge in [-0.2, -0.15) is 0 Å². The monoisotopic (exact) mass is 324 g/mol. The Labute approximate surface area is 134 Å². The highest BCUT2D eigenvalue weighted by atomic mass is 16.5. The summed E-state index contributed by atoms with van der Waals surface area (Å²) in [6.45, 7) is 6.84. The number of hydrogen-bond donors (Lipinski definition) is 1. The first kappa shape index (κ1) is 17.4. The molecule has 1 aromatic heterocycles. The zero-order chi connectivity index (χ0) is 17.5. The Kier molecular flexibility index (Phi) is 4.76. The van der Waals surface area contributed by atoms with E-state index in [-0.39, 0.29) is 29.4 Å². The molecule has 0 aliphatic carbocycles. The molecular formula is C15H24N4O4. The summed E-state index contributed by atoms with van der Waals surface area (Å²) in [5.74, 6) is -0.468. The fraction of sp³-hybridized carbons (Fsp3) is 0.667. The Balaban J connectivity index is 2.41. The third-order valence-electron chi connectivity index (χ3n) is 4.33. The lowest BCUT2D eigenvalue weighted by Crippen LogP contribution is -2.53. The van der Waals surface area contributed by atoms with Gasteiger partial charge < -0.3 is 10.5 Å². The van der Waals surface area contributed by atoms with Crippen LogP contribution >= 0.6 is 0 Å². The SMILES string of the molecule is C[C@@H]1CN([C@@H](C)C(=O)c2c(N)n(C)c(=O)n(C)c2=O)C[C@@H](C)O1. The molecule has 0 unspecified atom stereocenters. The van der Waals surface area contributed by atoms with Gasteiger partial charge in [-0.25, -0.2) is 4.79 Å². The smallest absolute Gasteiger partial charge is 0.332 e. The molecule has 23 heavy (non-hydrogen) atoms. The summed E-state index contributed by atoms with van der Waals surface area (Å²) >= 11 is 0. The molecular weight excluding hydrogens is 300 g/mol. The number of carbonyl (C=O) groups excluding carboxylic acids is 1. The van der Waals surface area contributed by atoms with E-state index in [2.05, 4.69) is 0 Å². The number of anilines is 1. The fourth-order valence-electron chi connectivity index (χ4n) is 3.00. The highest BCUT2D eigenvalue weighted by molar-refractivity contribution is 6.03. The number of morpholine rings is 1. The standard InChI is InChI=1S/C15H24N4O4/c1-8-6-19(7-9(2)23-8)10(3)12(20)11-13(16)17(4)15(22)18(5)14(11)21/h8-10H,6-7,16H2,1-5H3/t8-,9-,10+/m1/s1. The molecule has 1 aliphatic heterocycles. The van der Waals surface area contributed by atoms with E-state index in [0.29, 0.717) is 13.1 Å². The molecule has 2 rings (SSSR count). The summed E-state index contributed by atoms with van der Waals surface area (Å²) < 4.78 is 7.69. The number of aromatic nitrogens is 2. The van der Waals surface area contributed by atoms with Crippen LogP contribution in [0.5, 0.6) is 0 Å². The highest BCUT2D eigenvalue weighted by Gasteiger charge is 2.32. The molecule has 1 aliphatic rings. The Bertz CT molecular complexity index is 726. The minimum atomic E-state index is -0.656. The minimum absolute atomic E-state index is 0.00862. The van der Waals surface area contributed by atoms with Crippen LogP contribution in [0, 0.1) is 0 Å². The zero-order valence-corrected chi connectivity index (χ0v) is 14.2. The number of Topliss-reactive ketones (excluding diaryl/α,β-unsaturated/α-hetero) is 1. The molecule has 0 radical (unpaired) electrons. The molecule has 1 aromatic rings. The molecule has 128 valence electrons. The number of nitrogen functional groups attached to an aromatic ring is 1. The largest absolute Gasteiger partial charge is 0.384 e. The first-order valence-electron chi connectivity index (χ1n) is 7.64. The second-order valence-electron chi connectivity index (χ2n) is 6.22. The Morgan fingerprint density at radius 2 is 1.70 bits per heavy atom. The summed E-state index contributed by atoms with van der Waals surface area (Å²) in [6, 6.07) is -0.517. The van der Waals surface area contributed by atoms with Crippen molar-refractivity contribution >= 4 is 11.6 Å². The lowest BCUT2D eigenvalue weighted by Gasteiger charge is -2.38. The molecule has 0 spiro atoms. The van der Waals surface area contributed by atoms with Gasteiger partial charge in [0.25, 0.3) is 5.56 Å². The number of carbonyl (C=O) groups is 1. The first-order valence-corrected chi connectivity index (χ1v) is 7.64. The van der Waals surface area contributed by atoms with E-state index in [1.54, 1.807) is 6.92 Å². The third kappa shape index (κ3) is 3.09. The lowest BCUT2D eigenvalue weighted by atomic mass is 10.0. The van der Waals surface area contributed by atoms with Crippen LogP contribution in [0.1, 0.15) is 31.1 Å². The van der Waals surface area contributed by atoms with Gasteiger partial charge in [0.05, 0.1) is 18.2 Å². The topological polar surface area (TPSA) is 99.6 Å². The molecule has 0 saturated carbocycles. The molecule has 2 N–H and O–H groups in total. The summed E-state index contributed by atoms with van der Waals surface area (Å²) in [5.41, 5.74) is 4.52. The maximum absolute atomic E-state index is 12.8. The van der Waals surface area contributed by atoms with Gasteiger partial charge in [-0.1, -0.05) is 0 Å². The number of hydrogen-bond acceptors (Lipinski definition) is 6. The predicted octanol–water partition coefficient (Wildman–Crippen LogP) is -0.653. The van der Waals surface area contributed by atoms with E-state index in [9.17, 15) is 14.4 Å². The van der Waals surface area contributed by atoms with Gasteiger partial charge in [0.15, 0.2) is 5.78 Å². The van der Waals surface area contributed by atoms with Crippen molar-refractivity contribution in [3.05, 3.63) is 26.4 Å². The zero-order valence-electron chi connectivity index (χ0n) is 14.2. The van der Waals surface area contributed by atoms with Gasteiger partial charge in [0, 0.05) is 27.2 Å². The molecule has 0 bridgehead atoms. The lowest BCUT2D eigenvalue weighted by molar-refractivity contribution is -0.0744. The van der Waals surface area contributed by atoms with Gasteiger partial charge in [0.1, 0.15) is 11.4 Å². The van der Waals surface area contributed by atoms with E-state index in [1.807, 2.05) is 18.7 Å². The summed E-state index contributed by atoms with van der Waals surface area (Å²) in [5, 5.41) is 0. The van der Waals surface area contributed by atoms with Gasteiger partial charge in [-0.3, -0.25) is 23.6 Å². The van der Waals surface area contributed by atoms with Crippen LogP contribution in [0.3, 0.4) is 0 Å². The number of rotatable bonds is 3. The molecule has 0 amide bonds. The fourth-order valence-corrected chi connectivity index (χ4v) is 3.00. The highest BCUT2D eigenvalue weighted by Crippen LogP contribution is 2.17. The maximum Gasteiger partial charge on any atom is 0.332 e. The molecule has 1 saturated heterocycles. The van der Waals surface area contributed by atoms with Crippen LogP contribution in [0.2, 0.25) is 0 Å². The van der Waals surface area contributed by atoms with E-state index >= 15 is 0 Å². The van der Waals surface area contributed by atoms with E-state index < -0.39 is 17.3 Å². The van der Waals surface area contributed by atoms with Crippen molar-refractivity contribution < 1.29 is 9.53 Å². The van der Waals surface area contributed by atoms with Gasteiger partial charge in [0.2, 0.25) is 0 Å². The Hall–Kier alpha value is -1.93. The normalized spacial score (nSPS) is 23.7. The van der Waals surface area contributed by atoms with Crippen molar-refractivity contribution in [2.75, 3.05) is 18.8 Å². The third-order valence-corrected chi connectivity index (χ3v) is 4.33. The van der Waals surface area contributed by atoms with Crippen molar-refractivity contribution in [3.63, 3.8) is 0 Å². The van der Waals surface area contributed by atoms with Crippen molar-refractivity contribution in [3.8, 4) is 0 Å². The Morgan fingerprint density at radius 1 is 1.17 bits per heavy atom. The molecule has 2 heterocycles. The average molecular weight is 324 g/mol. The number of ketones is 1. The maximum atomic E-state index is 12.8. The van der Waals surface area contributed by atoms with E-state index in [1.165, 1.54) is 14.1 Å². The average Bonchev–Trinajstić information content (AvgIpc) is 2.49. The van der Waals surface area contributed by atoms with Crippen molar-refractivity contribution in [2.45, 2.75) is 39.0 Å². The van der Waals surface area contributed by atoms with Gasteiger partial charge in [-0.15, -0.1) is 0 Å². The minimum Gasteiger partial charge on any atom is -0.384 e. The van der Waals surface area contributed by atoms with Gasteiger partial charge in [-0.05, 0) is 20.8 Å². The van der Waals surface area contributed by atoms with Crippen molar-refractivity contribution in [1.82, 2.24) is 14.0 Å². The first-order chi connectivity index (χ1) is 10.6. The van der Waals surface area contributed by atoms with Crippen molar-refractivity contribution in [1.29, 1.82) is 0 Å². The number of nitrogens with two attached hydrogens (primary N) is 1. The second kappa shape index (κ2) is 6.29. The Morgan fingerprint density at radius 3 is 2.22 bits per heavy atom. The van der Waals surface area contributed by atoms with E-state index in [4.69, 9.17) is 10.5 Å². The molecule has 8 nitrogen and oxygen atoms in total. The van der Waals surface area contributed by atoms with Crippen LogP contribution in [0.4, 0.5) is 5.82 Å². The summed E-state index contributed by atoms with van der Waals surface area (Å²) in [6.07, 6.45) is 0.0172. The van der Waals surface area contributed by atoms with Crippen LogP contribution in [0.25, 0.3) is 0 Å². The van der Waals surface area contributed by atoms with Crippen LogP contribution < -0.4 is 17.0 Å². The summed E-state index contributed by atoms with van der Waals surface area (Å²) in [4.78, 5) is 39.0. The molecule has 3 atom stereocenters. The summed E-state index contributed by atoms with van der Waals surface area (Å²) in [7, 11) is 2.78. The number of nitrogens with zero attached hydrogens (tertiary/aromatic N) is 3. The number of ether oxygens (including phenoxy) is 1. The van der Waals surface area contributed by atoms with E-state index in [0.717, 1.165) is 9.13 Å². The molecule has 0 aromatic carbocycles. The van der Waals surface area contributed by atoms with Crippen LogP contribution in [-0.4, -0.2) is 51.2 Å². The quantitative estimate of drug-likeness (QED) is 0.742. The predicted molar refractivity (Wildman–Crippen MR) is 86.7 cm³/mol. The van der Waals surface area contributed by atoms with Crippen molar-refractivity contribution in [2.24, 2.45) is 14.1 Å². The van der Waals surface area contributed by atoms with Crippen LogP contribution in [0.15, 0.2) is 9.59 Å². The molecule has 1 fully saturated rings. The second-order valence-corrected chi connectivity index (χ2v) is 6.22. The van der Waals surface area contributed by atoms with Crippen LogP contribution in [-0.2, 0) is 18.8 Å².